The zero-order chi connectivity index (χ0) is 17.9. The molecule has 1 aliphatic heterocycles. The van der Waals surface area contributed by atoms with Crippen molar-refractivity contribution in [1.82, 2.24) is 4.90 Å². The zero-order valence-corrected chi connectivity index (χ0v) is 13.6. The van der Waals surface area contributed by atoms with E-state index in [-0.39, 0.29) is 5.78 Å². The third-order valence-electron chi connectivity index (χ3n) is 4.24. The lowest BCUT2D eigenvalue weighted by atomic mass is 9.99. The number of carbonyl (C=O) groups is 1. The van der Waals surface area contributed by atoms with Crippen LogP contribution in [0.5, 0.6) is 0 Å². The molecule has 0 saturated carbocycles. The number of rotatable bonds is 3. The van der Waals surface area contributed by atoms with Crippen molar-refractivity contribution in [2.24, 2.45) is 0 Å². The van der Waals surface area contributed by atoms with Gasteiger partial charge in [-0.1, -0.05) is 42.5 Å². The van der Waals surface area contributed by atoms with E-state index in [4.69, 9.17) is 0 Å². The van der Waals surface area contributed by atoms with Gasteiger partial charge in [-0.2, -0.15) is 13.2 Å². The van der Waals surface area contributed by atoms with Crippen LogP contribution in [0.25, 0.3) is 6.08 Å². The van der Waals surface area contributed by atoms with Gasteiger partial charge in [0.1, 0.15) is 0 Å². The predicted octanol–water partition coefficient (Wildman–Crippen LogP) is 4.56. The Kier molecular flexibility index (Phi) is 5.04. The van der Waals surface area contributed by atoms with Crippen molar-refractivity contribution in [3.63, 3.8) is 0 Å². The van der Waals surface area contributed by atoms with E-state index >= 15 is 0 Å². The summed E-state index contributed by atoms with van der Waals surface area (Å²) >= 11 is 0. The first-order valence-corrected chi connectivity index (χ1v) is 8.09. The minimum Gasteiger partial charge on any atom is -0.294 e. The Bertz CT molecular complexity index is 764. The van der Waals surface area contributed by atoms with Gasteiger partial charge in [0, 0.05) is 31.6 Å². The maximum Gasteiger partial charge on any atom is 0.416 e. The second kappa shape index (κ2) is 7.23. The van der Waals surface area contributed by atoms with Gasteiger partial charge in [0.15, 0.2) is 5.78 Å². The summed E-state index contributed by atoms with van der Waals surface area (Å²) < 4.78 is 37.9. The van der Waals surface area contributed by atoms with Crippen LogP contribution in [0.3, 0.4) is 0 Å². The molecule has 0 amide bonds. The quantitative estimate of drug-likeness (QED) is 0.760. The molecule has 1 heterocycles. The molecule has 0 bridgehead atoms. The van der Waals surface area contributed by atoms with E-state index in [9.17, 15) is 18.0 Å². The molecule has 2 aromatic rings. The molecule has 1 fully saturated rings. The fourth-order valence-electron chi connectivity index (χ4n) is 2.90. The molecule has 2 nitrogen and oxygen atoms in total. The molecule has 0 aromatic heterocycles. The Morgan fingerprint density at radius 3 is 2.32 bits per heavy atom. The summed E-state index contributed by atoms with van der Waals surface area (Å²) in [4.78, 5) is 14.3. The first kappa shape index (κ1) is 17.4. The number of Topliss-reactive ketones (excluding diaryl/α,β-unsaturated/α-hetero) is 1. The first-order chi connectivity index (χ1) is 11.9. The van der Waals surface area contributed by atoms with E-state index in [1.807, 2.05) is 30.3 Å². The van der Waals surface area contributed by atoms with E-state index < -0.39 is 11.7 Å². The lowest BCUT2D eigenvalue weighted by molar-refractivity contribution is -0.137. The number of likely N-dealkylation sites (tertiary alicyclic amines) is 1. The third kappa shape index (κ3) is 4.57. The molecular formula is C20H18F3NO. The summed E-state index contributed by atoms with van der Waals surface area (Å²) in [6, 6.07) is 14.9. The van der Waals surface area contributed by atoms with Crippen molar-refractivity contribution in [3.05, 3.63) is 76.9 Å². The monoisotopic (exact) mass is 345 g/mol. The second-order valence-electron chi connectivity index (χ2n) is 6.16. The molecule has 0 aliphatic carbocycles. The fourth-order valence-corrected chi connectivity index (χ4v) is 2.90. The number of hydrogen-bond donors (Lipinski definition) is 0. The second-order valence-corrected chi connectivity index (χ2v) is 6.16. The summed E-state index contributed by atoms with van der Waals surface area (Å²) in [7, 11) is 0. The van der Waals surface area contributed by atoms with Crippen LogP contribution in [0.1, 0.15) is 23.1 Å². The SMILES string of the molecule is O=C1CCN(Cc2ccccc2)C/C1=C\c1ccc(C(F)(F)F)cc1. The van der Waals surface area contributed by atoms with Crippen LogP contribution >= 0.6 is 0 Å². The highest BCUT2D eigenvalue weighted by molar-refractivity contribution is 6.00. The topological polar surface area (TPSA) is 20.3 Å². The van der Waals surface area contributed by atoms with Crippen molar-refractivity contribution < 1.29 is 18.0 Å². The first-order valence-electron chi connectivity index (χ1n) is 8.09. The number of hydrogen-bond acceptors (Lipinski definition) is 2. The highest BCUT2D eigenvalue weighted by atomic mass is 19.4. The summed E-state index contributed by atoms with van der Waals surface area (Å²) in [5.74, 6) is 0.0595. The zero-order valence-electron chi connectivity index (χ0n) is 13.6. The number of benzene rings is 2. The largest absolute Gasteiger partial charge is 0.416 e. The van der Waals surface area contributed by atoms with Gasteiger partial charge in [-0.3, -0.25) is 9.69 Å². The van der Waals surface area contributed by atoms with Crippen LogP contribution in [-0.4, -0.2) is 23.8 Å². The van der Waals surface area contributed by atoms with Crippen LogP contribution in [0.2, 0.25) is 0 Å². The molecule has 3 rings (SSSR count). The number of piperidine rings is 1. The minimum absolute atomic E-state index is 0.0595. The van der Waals surface area contributed by atoms with Crippen LogP contribution < -0.4 is 0 Å². The van der Waals surface area contributed by atoms with Crippen molar-refractivity contribution in [3.8, 4) is 0 Å². The normalized spacial score (nSPS) is 17.9. The van der Waals surface area contributed by atoms with Crippen molar-refractivity contribution >= 4 is 11.9 Å². The van der Waals surface area contributed by atoms with E-state index in [0.29, 0.717) is 30.6 Å². The fraction of sp³-hybridized carbons (Fsp3) is 0.250. The van der Waals surface area contributed by atoms with Crippen LogP contribution in [0, 0.1) is 0 Å². The van der Waals surface area contributed by atoms with E-state index in [2.05, 4.69) is 4.90 Å². The lowest BCUT2D eigenvalue weighted by Crippen LogP contribution is -2.35. The smallest absolute Gasteiger partial charge is 0.294 e. The number of alkyl halides is 3. The minimum atomic E-state index is -4.35. The maximum absolute atomic E-state index is 12.6. The van der Waals surface area contributed by atoms with Crippen molar-refractivity contribution in [2.45, 2.75) is 19.1 Å². The van der Waals surface area contributed by atoms with Gasteiger partial charge >= 0.3 is 6.18 Å². The molecule has 130 valence electrons. The van der Waals surface area contributed by atoms with Gasteiger partial charge in [-0.15, -0.1) is 0 Å². The highest BCUT2D eigenvalue weighted by Gasteiger charge is 2.30. The number of carbonyl (C=O) groups excluding carboxylic acids is 1. The Labute approximate surface area is 144 Å². The van der Waals surface area contributed by atoms with Gasteiger partial charge in [-0.05, 0) is 29.3 Å². The Hall–Kier alpha value is -2.40. The van der Waals surface area contributed by atoms with Gasteiger partial charge in [0.2, 0.25) is 0 Å². The summed E-state index contributed by atoms with van der Waals surface area (Å²) in [5, 5.41) is 0. The molecule has 5 heteroatoms. The average molecular weight is 345 g/mol. The molecule has 0 unspecified atom stereocenters. The molecule has 2 aromatic carbocycles. The lowest BCUT2D eigenvalue weighted by Gasteiger charge is -2.27. The third-order valence-corrected chi connectivity index (χ3v) is 4.24. The van der Waals surface area contributed by atoms with E-state index in [0.717, 1.165) is 18.7 Å². The standard InChI is InChI=1S/C20H18F3NO/c21-20(22,23)18-8-6-15(7-9-18)12-17-14-24(11-10-19(17)25)13-16-4-2-1-3-5-16/h1-9,12H,10-11,13-14H2/b17-12+. The van der Waals surface area contributed by atoms with Gasteiger partial charge in [0.05, 0.1) is 5.56 Å². The van der Waals surface area contributed by atoms with Crippen LogP contribution in [0.4, 0.5) is 13.2 Å². The van der Waals surface area contributed by atoms with Gasteiger partial charge < -0.3 is 0 Å². The molecule has 0 atom stereocenters. The molecule has 0 radical (unpaired) electrons. The van der Waals surface area contributed by atoms with Crippen molar-refractivity contribution in [1.29, 1.82) is 0 Å². The maximum atomic E-state index is 12.6. The number of ketones is 1. The summed E-state index contributed by atoms with van der Waals surface area (Å²) in [5.41, 5.74) is 1.74. The van der Waals surface area contributed by atoms with Crippen molar-refractivity contribution in [2.75, 3.05) is 13.1 Å². The molecule has 0 spiro atoms. The summed E-state index contributed by atoms with van der Waals surface area (Å²) in [6.07, 6.45) is -2.22. The van der Waals surface area contributed by atoms with E-state index in [1.165, 1.54) is 17.7 Å². The number of halogens is 3. The molecule has 0 N–H and O–H groups in total. The highest BCUT2D eigenvalue weighted by Crippen LogP contribution is 2.29. The number of nitrogens with zero attached hydrogens (tertiary/aromatic N) is 1. The van der Waals surface area contributed by atoms with Crippen LogP contribution in [-0.2, 0) is 17.5 Å². The molecule has 1 saturated heterocycles. The van der Waals surface area contributed by atoms with Crippen LogP contribution in [0.15, 0.2) is 60.2 Å². The predicted molar refractivity (Wildman–Crippen MR) is 90.8 cm³/mol. The molecule has 25 heavy (non-hydrogen) atoms. The van der Waals surface area contributed by atoms with E-state index in [1.54, 1.807) is 6.08 Å². The Morgan fingerprint density at radius 1 is 1.00 bits per heavy atom. The summed E-state index contributed by atoms with van der Waals surface area (Å²) in [6.45, 7) is 1.95. The van der Waals surface area contributed by atoms with Gasteiger partial charge in [-0.25, -0.2) is 0 Å². The Morgan fingerprint density at radius 2 is 1.68 bits per heavy atom. The molecule has 1 aliphatic rings. The molecular weight excluding hydrogens is 327 g/mol. The van der Waals surface area contributed by atoms with Gasteiger partial charge in [0.25, 0.3) is 0 Å². The Balaban J connectivity index is 1.73. The average Bonchev–Trinajstić information content (AvgIpc) is 2.58.